The normalized spacial score (nSPS) is 11.7. The summed E-state index contributed by atoms with van der Waals surface area (Å²) < 4.78 is 29.2. The summed E-state index contributed by atoms with van der Waals surface area (Å²) in [6.07, 6.45) is 0. The van der Waals surface area contributed by atoms with Gasteiger partial charge in [0.25, 0.3) is 5.92 Å². The number of rotatable bonds is 4. The van der Waals surface area contributed by atoms with Crippen molar-refractivity contribution < 1.29 is 8.78 Å². The standard InChI is InChI=1S/C16H13F2NS/c17-16(18,13-4-2-1-3-5-13)11-19-14-6-7-15-12(10-14)8-9-20-15/h1-10,19H,11H2. The van der Waals surface area contributed by atoms with Crippen molar-refractivity contribution in [2.45, 2.75) is 5.92 Å². The summed E-state index contributed by atoms with van der Waals surface area (Å²) in [7, 11) is 0. The van der Waals surface area contributed by atoms with Crippen molar-refractivity contribution in [2.75, 3.05) is 11.9 Å². The van der Waals surface area contributed by atoms with E-state index in [4.69, 9.17) is 0 Å². The fourth-order valence-corrected chi connectivity index (χ4v) is 2.84. The minimum Gasteiger partial charge on any atom is -0.379 e. The Labute approximate surface area is 119 Å². The molecule has 0 atom stereocenters. The van der Waals surface area contributed by atoms with Gasteiger partial charge in [-0.25, -0.2) is 0 Å². The topological polar surface area (TPSA) is 12.0 Å². The van der Waals surface area contributed by atoms with Gasteiger partial charge in [0.2, 0.25) is 0 Å². The minimum atomic E-state index is -2.88. The zero-order valence-corrected chi connectivity index (χ0v) is 11.5. The monoisotopic (exact) mass is 289 g/mol. The Morgan fingerprint density at radius 1 is 1.00 bits per heavy atom. The lowest BCUT2D eigenvalue weighted by Crippen LogP contribution is -2.24. The highest BCUT2D eigenvalue weighted by Gasteiger charge is 2.30. The molecule has 0 amide bonds. The Balaban J connectivity index is 1.75. The Hall–Kier alpha value is -1.94. The number of nitrogens with one attached hydrogen (secondary N) is 1. The molecule has 3 rings (SSSR count). The van der Waals surface area contributed by atoms with Crippen molar-refractivity contribution in [1.29, 1.82) is 0 Å². The third-order valence-electron chi connectivity index (χ3n) is 3.16. The van der Waals surface area contributed by atoms with E-state index in [0.717, 1.165) is 10.1 Å². The molecule has 20 heavy (non-hydrogen) atoms. The van der Waals surface area contributed by atoms with Crippen LogP contribution in [-0.2, 0) is 5.92 Å². The van der Waals surface area contributed by atoms with Crippen molar-refractivity contribution in [1.82, 2.24) is 0 Å². The third kappa shape index (κ3) is 2.65. The molecule has 1 heterocycles. The fourth-order valence-electron chi connectivity index (χ4n) is 2.07. The molecule has 0 aliphatic rings. The maximum atomic E-state index is 14.0. The molecule has 0 bridgehead atoms. The summed E-state index contributed by atoms with van der Waals surface area (Å²) in [5, 5.41) is 5.89. The molecule has 3 aromatic rings. The first-order chi connectivity index (χ1) is 9.65. The van der Waals surface area contributed by atoms with Gasteiger partial charge in [0.05, 0.1) is 6.54 Å². The molecule has 102 valence electrons. The molecular formula is C16H13F2NS. The predicted octanol–water partition coefficient (Wildman–Crippen LogP) is 5.11. The van der Waals surface area contributed by atoms with E-state index in [9.17, 15) is 8.78 Å². The van der Waals surface area contributed by atoms with E-state index >= 15 is 0 Å². The quantitative estimate of drug-likeness (QED) is 0.704. The molecule has 0 spiro atoms. The number of anilines is 1. The SMILES string of the molecule is FC(F)(CNc1ccc2sccc2c1)c1ccccc1. The van der Waals surface area contributed by atoms with Crippen molar-refractivity contribution in [3.05, 3.63) is 65.5 Å². The molecule has 0 unspecified atom stereocenters. The van der Waals surface area contributed by atoms with Gasteiger partial charge in [-0.15, -0.1) is 11.3 Å². The van der Waals surface area contributed by atoms with Crippen LogP contribution in [0.4, 0.5) is 14.5 Å². The highest BCUT2D eigenvalue weighted by atomic mass is 32.1. The van der Waals surface area contributed by atoms with Crippen LogP contribution in [0.2, 0.25) is 0 Å². The Morgan fingerprint density at radius 3 is 2.60 bits per heavy atom. The number of halogens is 2. The summed E-state index contributed by atoms with van der Waals surface area (Å²) in [5.41, 5.74) is 0.746. The van der Waals surface area contributed by atoms with Crippen LogP contribution in [0, 0.1) is 0 Å². The van der Waals surface area contributed by atoms with Gasteiger partial charge < -0.3 is 5.32 Å². The molecule has 1 aromatic heterocycles. The van der Waals surface area contributed by atoms with Crippen LogP contribution in [0.1, 0.15) is 5.56 Å². The van der Waals surface area contributed by atoms with E-state index in [1.54, 1.807) is 29.5 Å². The molecule has 0 fully saturated rings. The molecule has 0 aliphatic carbocycles. The van der Waals surface area contributed by atoms with Gasteiger partial charge in [0.15, 0.2) is 0 Å². The van der Waals surface area contributed by atoms with Crippen LogP contribution in [0.25, 0.3) is 10.1 Å². The molecule has 0 saturated heterocycles. The summed E-state index contributed by atoms with van der Waals surface area (Å²) in [4.78, 5) is 0. The number of fused-ring (bicyclic) bond motifs is 1. The summed E-state index contributed by atoms with van der Waals surface area (Å²) in [5.74, 6) is -2.88. The molecule has 1 nitrogen and oxygen atoms in total. The first kappa shape index (κ1) is 13.1. The van der Waals surface area contributed by atoms with Gasteiger partial charge in [-0.05, 0) is 35.0 Å². The molecule has 0 aliphatic heterocycles. The highest BCUT2D eigenvalue weighted by Crippen LogP contribution is 2.29. The molecule has 0 saturated carbocycles. The molecular weight excluding hydrogens is 276 g/mol. The Kier molecular flexibility index (Phi) is 3.40. The van der Waals surface area contributed by atoms with Crippen LogP contribution >= 0.6 is 11.3 Å². The zero-order valence-electron chi connectivity index (χ0n) is 10.6. The van der Waals surface area contributed by atoms with E-state index < -0.39 is 12.5 Å². The average Bonchev–Trinajstić information content (AvgIpc) is 2.94. The zero-order chi connectivity index (χ0) is 14.0. The lowest BCUT2D eigenvalue weighted by molar-refractivity contribution is 0.0106. The second kappa shape index (κ2) is 5.21. The maximum Gasteiger partial charge on any atom is 0.290 e. The van der Waals surface area contributed by atoms with Gasteiger partial charge in [-0.3, -0.25) is 0 Å². The number of thiophene rings is 1. The van der Waals surface area contributed by atoms with E-state index in [1.165, 1.54) is 12.1 Å². The van der Waals surface area contributed by atoms with Gasteiger partial charge in [-0.1, -0.05) is 30.3 Å². The number of hydrogen-bond donors (Lipinski definition) is 1. The van der Waals surface area contributed by atoms with E-state index in [0.29, 0.717) is 5.69 Å². The van der Waals surface area contributed by atoms with Gasteiger partial charge in [0.1, 0.15) is 0 Å². The van der Waals surface area contributed by atoms with Crippen molar-refractivity contribution in [3.8, 4) is 0 Å². The summed E-state index contributed by atoms with van der Waals surface area (Å²) in [6, 6.07) is 15.5. The minimum absolute atomic E-state index is 0.0316. The number of alkyl halides is 2. The highest BCUT2D eigenvalue weighted by molar-refractivity contribution is 7.17. The largest absolute Gasteiger partial charge is 0.379 e. The summed E-state index contributed by atoms with van der Waals surface area (Å²) in [6.45, 7) is -0.410. The first-order valence-corrected chi connectivity index (χ1v) is 7.18. The van der Waals surface area contributed by atoms with Crippen LogP contribution in [0.5, 0.6) is 0 Å². The summed E-state index contributed by atoms with van der Waals surface area (Å²) >= 11 is 1.64. The maximum absolute atomic E-state index is 14.0. The average molecular weight is 289 g/mol. The van der Waals surface area contributed by atoms with E-state index in [-0.39, 0.29) is 5.56 Å². The van der Waals surface area contributed by atoms with Crippen molar-refractivity contribution in [3.63, 3.8) is 0 Å². The molecule has 1 N–H and O–H groups in total. The Bertz CT molecular complexity index is 707. The van der Waals surface area contributed by atoms with Crippen molar-refractivity contribution in [2.24, 2.45) is 0 Å². The van der Waals surface area contributed by atoms with Gasteiger partial charge >= 0.3 is 0 Å². The van der Waals surface area contributed by atoms with E-state index in [2.05, 4.69) is 5.32 Å². The van der Waals surface area contributed by atoms with Gasteiger partial charge in [0, 0.05) is 16.0 Å². The van der Waals surface area contributed by atoms with Crippen LogP contribution in [-0.4, -0.2) is 6.54 Å². The van der Waals surface area contributed by atoms with Crippen LogP contribution in [0.3, 0.4) is 0 Å². The van der Waals surface area contributed by atoms with Crippen LogP contribution in [0.15, 0.2) is 60.0 Å². The third-order valence-corrected chi connectivity index (χ3v) is 4.06. The predicted molar refractivity (Wildman–Crippen MR) is 80.7 cm³/mol. The number of benzene rings is 2. The lowest BCUT2D eigenvalue weighted by Gasteiger charge is -2.18. The molecule has 4 heteroatoms. The second-order valence-corrected chi connectivity index (χ2v) is 5.54. The molecule has 2 aromatic carbocycles. The fraction of sp³-hybridized carbons (Fsp3) is 0.125. The Morgan fingerprint density at radius 2 is 1.80 bits per heavy atom. The van der Waals surface area contributed by atoms with E-state index in [1.807, 2.05) is 29.6 Å². The smallest absolute Gasteiger partial charge is 0.290 e. The lowest BCUT2D eigenvalue weighted by atomic mass is 10.1. The van der Waals surface area contributed by atoms with Gasteiger partial charge in [-0.2, -0.15) is 8.78 Å². The van der Waals surface area contributed by atoms with Crippen molar-refractivity contribution >= 4 is 27.1 Å². The second-order valence-electron chi connectivity index (χ2n) is 4.60. The van der Waals surface area contributed by atoms with Crippen LogP contribution < -0.4 is 5.32 Å². The molecule has 0 radical (unpaired) electrons. The first-order valence-electron chi connectivity index (χ1n) is 6.30. The number of hydrogen-bond acceptors (Lipinski definition) is 2.